The Balaban J connectivity index is 1.74. The van der Waals surface area contributed by atoms with Crippen molar-refractivity contribution in [1.82, 2.24) is 0 Å². The number of hydrogen-bond donors (Lipinski definition) is 0. The van der Waals surface area contributed by atoms with Crippen molar-refractivity contribution in [2.24, 2.45) is 0 Å². The van der Waals surface area contributed by atoms with Gasteiger partial charge >= 0.3 is 0 Å². The molecular weight excluding hydrogens is 304 g/mol. The third-order valence-electron chi connectivity index (χ3n) is 3.94. The third-order valence-corrected chi connectivity index (χ3v) is 5.22. The minimum Gasteiger partial charge on any atom is -0.497 e. The minimum absolute atomic E-state index is 0.226. The van der Waals surface area contributed by atoms with Gasteiger partial charge < -0.3 is 9.47 Å². The Kier molecular flexibility index (Phi) is 3.72. The molecule has 0 atom stereocenters. The van der Waals surface area contributed by atoms with E-state index in [9.17, 15) is 0 Å². The van der Waals surface area contributed by atoms with Crippen LogP contribution in [0.5, 0.6) is 17.2 Å². The fraction of sp³-hybridized carbons (Fsp3) is 0.100. The van der Waals surface area contributed by atoms with Crippen LogP contribution in [0.25, 0.3) is 0 Å². The fourth-order valence-electron chi connectivity index (χ4n) is 2.78. The molecule has 0 unspecified atom stereocenters. The minimum atomic E-state index is 0.226. The summed E-state index contributed by atoms with van der Waals surface area (Å²) in [4.78, 5) is 1.21. The molecule has 23 heavy (non-hydrogen) atoms. The van der Waals surface area contributed by atoms with Crippen LogP contribution in [0.1, 0.15) is 16.4 Å². The highest BCUT2D eigenvalue weighted by atomic mass is 32.2. The molecule has 3 aromatic carbocycles. The van der Waals surface area contributed by atoms with Gasteiger partial charge in [0.2, 0.25) is 0 Å². The predicted octanol–water partition coefficient (Wildman–Crippen LogP) is 5.68. The van der Waals surface area contributed by atoms with E-state index in [0.717, 1.165) is 17.2 Å². The Bertz CT molecular complexity index is 782. The summed E-state index contributed by atoms with van der Waals surface area (Å²) in [6.45, 7) is 0. The van der Waals surface area contributed by atoms with Gasteiger partial charge in [-0.3, -0.25) is 0 Å². The number of rotatable bonds is 3. The van der Waals surface area contributed by atoms with E-state index < -0.39 is 0 Å². The van der Waals surface area contributed by atoms with E-state index in [2.05, 4.69) is 36.4 Å². The van der Waals surface area contributed by atoms with E-state index in [-0.39, 0.29) is 5.25 Å². The van der Waals surface area contributed by atoms with Crippen LogP contribution in [0.2, 0.25) is 0 Å². The van der Waals surface area contributed by atoms with Crippen molar-refractivity contribution < 1.29 is 9.47 Å². The molecule has 0 aliphatic carbocycles. The number of fused-ring (bicyclic) bond motifs is 2. The first kappa shape index (κ1) is 14.2. The van der Waals surface area contributed by atoms with Crippen LogP contribution in [0.3, 0.4) is 0 Å². The fourth-order valence-corrected chi connectivity index (χ4v) is 3.99. The summed E-state index contributed by atoms with van der Waals surface area (Å²) < 4.78 is 11.3. The van der Waals surface area contributed by atoms with E-state index >= 15 is 0 Å². The second-order valence-corrected chi connectivity index (χ2v) is 6.53. The average molecular weight is 320 g/mol. The highest BCUT2D eigenvalue weighted by Crippen LogP contribution is 2.51. The molecule has 0 radical (unpaired) electrons. The molecule has 114 valence electrons. The van der Waals surface area contributed by atoms with Crippen molar-refractivity contribution in [1.29, 1.82) is 0 Å². The maximum atomic E-state index is 6.05. The van der Waals surface area contributed by atoms with E-state index in [1.165, 1.54) is 16.0 Å². The summed E-state index contributed by atoms with van der Waals surface area (Å²) >= 11 is 1.83. The Morgan fingerprint density at radius 2 is 1.35 bits per heavy atom. The van der Waals surface area contributed by atoms with E-state index in [0.29, 0.717) is 0 Å². The lowest BCUT2D eigenvalue weighted by atomic mass is 10.00. The molecule has 0 bridgehead atoms. The van der Waals surface area contributed by atoms with Crippen molar-refractivity contribution in [3.8, 4) is 17.2 Å². The molecule has 4 rings (SSSR count). The number of hydrogen-bond acceptors (Lipinski definition) is 3. The molecule has 0 amide bonds. The number of methoxy groups -OCH3 is 1. The summed E-state index contributed by atoms with van der Waals surface area (Å²) in [6.07, 6.45) is 0. The molecule has 0 spiro atoms. The Morgan fingerprint density at radius 1 is 0.783 bits per heavy atom. The quantitative estimate of drug-likeness (QED) is 0.618. The molecular formula is C20H16O2S. The zero-order valence-electron chi connectivity index (χ0n) is 12.7. The second-order valence-electron chi connectivity index (χ2n) is 5.35. The lowest BCUT2D eigenvalue weighted by molar-refractivity contribution is 0.414. The van der Waals surface area contributed by atoms with Crippen molar-refractivity contribution >= 4 is 11.8 Å². The Morgan fingerprint density at radius 3 is 1.91 bits per heavy atom. The highest BCUT2D eigenvalue weighted by molar-refractivity contribution is 7.99. The number of benzene rings is 3. The predicted molar refractivity (Wildman–Crippen MR) is 93.7 cm³/mol. The average Bonchev–Trinajstić information content (AvgIpc) is 2.62. The Hall–Kier alpha value is -2.39. The van der Waals surface area contributed by atoms with Crippen molar-refractivity contribution in [3.05, 3.63) is 83.9 Å². The maximum Gasteiger partial charge on any atom is 0.132 e. The summed E-state index contributed by atoms with van der Waals surface area (Å²) in [5.74, 6) is 2.76. The van der Waals surface area contributed by atoms with Crippen LogP contribution in [0.15, 0.2) is 77.7 Å². The van der Waals surface area contributed by atoms with Gasteiger partial charge in [0.25, 0.3) is 0 Å². The first-order valence-corrected chi connectivity index (χ1v) is 8.39. The van der Waals surface area contributed by atoms with Gasteiger partial charge in [0.15, 0.2) is 0 Å². The third kappa shape index (κ3) is 2.68. The molecule has 3 aromatic rings. The summed E-state index contributed by atoms with van der Waals surface area (Å²) in [7, 11) is 1.69. The number of ether oxygens (including phenoxy) is 2. The molecule has 0 aromatic heterocycles. The molecule has 0 saturated heterocycles. The van der Waals surface area contributed by atoms with Gasteiger partial charge in [-0.15, -0.1) is 11.8 Å². The summed E-state index contributed by atoms with van der Waals surface area (Å²) in [5, 5.41) is 0.226. The van der Waals surface area contributed by atoms with Gasteiger partial charge in [-0.1, -0.05) is 36.4 Å². The van der Waals surface area contributed by atoms with Crippen molar-refractivity contribution in [2.45, 2.75) is 10.1 Å². The molecule has 2 nitrogen and oxygen atoms in total. The SMILES string of the molecule is COc1ccc(SC2c3ccccc3Oc3ccccc32)cc1. The van der Waals surface area contributed by atoms with Crippen LogP contribution in [0, 0.1) is 0 Å². The first-order chi connectivity index (χ1) is 11.3. The van der Waals surface area contributed by atoms with Crippen LogP contribution in [-0.2, 0) is 0 Å². The van der Waals surface area contributed by atoms with Crippen LogP contribution in [0.4, 0.5) is 0 Å². The van der Waals surface area contributed by atoms with Gasteiger partial charge in [-0.2, -0.15) is 0 Å². The van der Waals surface area contributed by atoms with Gasteiger partial charge in [0.05, 0.1) is 12.4 Å². The van der Waals surface area contributed by atoms with Gasteiger partial charge in [0, 0.05) is 16.0 Å². The molecule has 1 aliphatic rings. The number of thioether (sulfide) groups is 1. The van der Waals surface area contributed by atoms with E-state index in [4.69, 9.17) is 9.47 Å². The molecule has 1 heterocycles. The standard InChI is InChI=1S/C20H16O2S/c1-21-14-10-12-15(13-11-14)23-20-16-6-2-4-8-18(16)22-19-9-5-3-7-17(19)20/h2-13,20H,1H3. The van der Waals surface area contributed by atoms with Gasteiger partial charge in [0.1, 0.15) is 17.2 Å². The number of para-hydroxylation sites is 2. The normalized spacial score (nSPS) is 12.9. The van der Waals surface area contributed by atoms with Crippen molar-refractivity contribution in [2.75, 3.05) is 7.11 Å². The molecule has 0 fully saturated rings. The monoisotopic (exact) mass is 320 g/mol. The largest absolute Gasteiger partial charge is 0.497 e. The van der Waals surface area contributed by atoms with Crippen LogP contribution >= 0.6 is 11.8 Å². The summed E-state index contributed by atoms with van der Waals surface area (Å²) in [5.41, 5.74) is 2.43. The summed E-state index contributed by atoms with van der Waals surface area (Å²) in [6, 6.07) is 24.7. The van der Waals surface area contributed by atoms with Crippen LogP contribution < -0.4 is 9.47 Å². The van der Waals surface area contributed by atoms with Crippen LogP contribution in [-0.4, -0.2) is 7.11 Å². The Labute approximate surface area is 140 Å². The molecule has 3 heteroatoms. The zero-order valence-corrected chi connectivity index (χ0v) is 13.5. The zero-order chi connectivity index (χ0) is 15.6. The smallest absolute Gasteiger partial charge is 0.132 e. The molecule has 1 aliphatic heterocycles. The lowest BCUT2D eigenvalue weighted by Gasteiger charge is -2.27. The second kappa shape index (κ2) is 6.01. The topological polar surface area (TPSA) is 18.5 Å². The first-order valence-electron chi connectivity index (χ1n) is 7.51. The maximum absolute atomic E-state index is 6.05. The van der Waals surface area contributed by atoms with Gasteiger partial charge in [-0.25, -0.2) is 0 Å². The van der Waals surface area contributed by atoms with E-state index in [1.54, 1.807) is 7.11 Å². The lowest BCUT2D eigenvalue weighted by Crippen LogP contribution is -2.07. The molecule has 0 saturated carbocycles. The highest BCUT2D eigenvalue weighted by Gasteiger charge is 2.27. The van der Waals surface area contributed by atoms with E-state index in [1.807, 2.05) is 48.2 Å². The molecule has 0 N–H and O–H groups in total. The van der Waals surface area contributed by atoms with Crippen molar-refractivity contribution in [3.63, 3.8) is 0 Å². The van der Waals surface area contributed by atoms with Gasteiger partial charge in [-0.05, 0) is 36.4 Å².